The molecule has 4 heteroatoms. The molecular weight excluding hydrogens is 285 g/mol. The minimum absolute atomic E-state index is 0.232. The van der Waals surface area contributed by atoms with Crippen molar-refractivity contribution < 1.29 is 9.13 Å². The Morgan fingerprint density at radius 1 is 1.29 bits per heavy atom. The lowest BCUT2D eigenvalue weighted by atomic mass is 9.94. The molecule has 2 N–H and O–H groups in total. The zero-order valence-electron chi connectivity index (χ0n) is 9.66. The Morgan fingerprint density at radius 2 is 2.00 bits per heavy atom. The van der Waals surface area contributed by atoms with Crippen molar-refractivity contribution in [3.63, 3.8) is 0 Å². The van der Waals surface area contributed by atoms with E-state index in [4.69, 9.17) is 10.5 Å². The molecule has 1 aliphatic rings. The third-order valence-electron chi connectivity index (χ3n) is 3.21. The van der Waals surface area contributed by atoms with Crippen molar-refractivity contribution in [1.29, 1.82) is 0 Å². The van der Waals surface area contributed by atoms with Gasteiger partial charge in [-0.1, -0.05) is 22.0 Å². The highest BCUT2D eigenvalue weighted by atomic mass is 79.9. The number of hydrogen-bond donors (Lipinski definition) is 1. The van der Waals surface area contributed by atoms with Crippen LogP contribution in [0.15, 0.2) is 22.7 Å². The molecule has 0 spiro atoms. The van der Waals surface area contributed by atoms with E-state index in [0.29, 0.717) is 18.8 Å². The highest BCUT2D eigenvalue weighted by molar-refractivity contribution is 9.10. The zero-order valence-corrected chi connectivity index (χ0v) is 11.2. The highest BCUT2D eigenvalue weighted by Crippen LogP contribution is 2.23. The minimum atomic E-state index is -0.232. The van der Waals surface area contributed by atoms with Crippen molar-refractivity contribution in [3.05, 3.63) is 34.1 Å². The van der Waals surface area contributed by atoms with Crippen LogP contribution < -0.4 is 5.73 Å². The number of halogens is 2. The second kappa shape index (κ2) is 5.94. The molecule has 2 nitrogen and oxygen atoms in total. The largest absolute Gasteiger partial charge is 0.374 e. The molecule has 0 aliphatic heterocycles. The van der Waals surface area contributed by atoms with Gasteiger partial charge in [0.15, 0.2) is 0 Å². The van der Waals surface area contributed by atoms with Crippen molar-refractivity contribution in [2.45, 2.75) is 44.4 Å². The fourth-order valence-electron chi connectivity index (χ4n) is 2.10. The predicted octanol–water partition coefficient (Wildman–Crippen LogP) is 3.37. The van der Waals surface area contributed by atoms with Gasteiger partial charge in [-0.2, -0.15) is 0 Å². The number of nitrogens with two attached hydrogens (primary N) is 1. The normalized spacial score (nSPS) is 24.9. The molecule has 0 unspecified atom stereocenters. The maximum atomic E-state index is 12.9. The first-order valence-corrected chi connectivity index (χ1v) is 6.75. The standard InChI is InChI=1S/C13H17BrFNO/c14-13-7-10(15)2-1-9(13)8-17-12-5-3-11(16)4-6-12/h1-2,7,11-12H,3-6,8,16H2. The fraction of sp³-hybridized carbons (Fsp3) is 0.538. The second-order valence-electron chi connectivity index (χ2n) is 4.58. The van der Waals surface area contributed by atoms with Gasteiger partial charge in [0, 0.05) is 10.5 Å². The lowest BCUT2D eigenvalue weighted by Gasteiger charge is -2.26. The van der Waals surface area contributed by atoms with Crippen molar-refractivity contribution in [2.24, 2.45) is 5.73 Å². The van der Waals surface area contributed by atoms with E-state index in [1.54, 1.807) is 6.07 Å². The zero-order chi connectivity index (χ0) is 12.3. The molecule has 1 saturated carbocycles. The number of hydrogen-bond acceptors (Lipinski definition) is 2. The van der Waals surface area contributed by atoms with E-state index < -0.39 is 0 Å². The van der Waals surface area contributed by atoms with Gasteiger partial charge in [-0.15, -0.1) is 0 Å². The smallest absolute Gasteiger partial charge is 0.124 e. The molecule has 0 amide bonds. The first-order chi connectivity index (χ1) is 8.15. The monoisotopic (exact) mass is 301 g/mol. The second-order valence-corrected chi connectivity index (χ2v) is 5.44. The van der Waals surface area contributed by atoms with Gasteiger partial charge < -0.3 is 10.5 Å². The molecular formula is C13H17BrFNO. The molecule has 1 fully saturated rings. The van der Waals surface area contributed by atoms with Crippen LogP contribution in [0.2, 0.25) is 0 Å². The topological polar surface area (TPSA) is 35.2 Å². The summed E-state index contributed by atoms with van der Waals surface area (Å²) >= 11 is 3.34. The van der Waals surface area contributed by atoms with Gasteiger partial charge in [0.25, 0.3) is 0 Å². The van der Waals surface area contributed by atoms with E-state index in [-0.39, 0.29) is 5.82 Å². The minimum Gasteiger partial charge on any atom is -0.374 e. The molecule has 1 aromatic rings. The fourth-order valence-corrected chi connectivity index (χ4v) is 2.57. The summed E-state index contributed by atoms with van der Waals surface area (Å²) in [6, 6.07) is 5.02. The van der Waals surface area contributed by atoms with E-state index >= 15 is 0 Å². The van der Waals surface area contributed by atoms with Crippen LogP contribution in [0.25, 0.3) is 0 Å². The van der Waals surface area contributed by atoms with Gasteiger partial charge in [0.1, 0.15) is 5.82 Å². The van der Waals surface area contributed by atoms with E-state index in [1.165, 1.54) is 12.1 Å². The Balaban J connectivity index is 1.85. The van der Waals surface area contributed by atoms with Crippen LogP contribution in [0.1, 0.15) is 31.2 Å². The van der Waals surface area contributed by atoms with Crippen LogP contribution in [-0.4, -0.2) is 12.1 Å². The van der Waals surface area contributed by atoms with E-state index in [9.17, 15) is 4.39 Å². The molecule has 0 heterocycles. The third kappa shape index (κ3) is 3.76. The lowest BCUT2D eigenvalue weighted by molar-refractivity contribution is 0.0135. The van der Waals surface area contributed by atoms with Crippen molar-refractivity contribution in [3.8, 4) is 0 Å². The molecule has 0 saturated heterocycles. The average Bonchev–Trinajstić information content (AvgIpc) is 2.30. The van der Waals surface area contributed by atoms with Gasteiger partial charge in [-0.05, 0) is 43.4 Å². The molecule has 94 valence electrons. The van der Waals surface area contributed by atoms with Crippen molar-refractivity contribution in [1.82, 2.24) is 0 Å². The lowest BCUT2D eigenvalue weighted by Crippen LogP contribution is -2.30. The molecule has 2 rings (SSSR count). The summed E-state index contributed by atoms with van der Waals surface area (Å²) in [4.78, 5) is 0. The van der Waals surface area contributed by atoms with Crippen LogP contribution in [0.4, 0.5) is 4.39 Å². The molecule has 0 aromatic heterocycles. The number of rotatable bonds is 3. The van der Waals surface area contributed by atoms with Gasteiger partial charge >= 0.3 is 0 Å². The average molecular weight is 302 g/mol. The van der Waals surface area contributed by atoms with Gasteiger partial charge in [0.2, 0.25) is 0 Å². The van der Waals surface area contributed by atoms with Gasteiger partial charge in [-0.25, -0.2) is 4.39 Å². The molecule has 1 aromatic carbocycles. The van der Waals surface area contributed by atoms with Crippen LogP contribution in [0, 0.1) is 5.82 Å². The summed E-state index contributed by atoms with van der Waals surface area (Å²) in [5.74, 6) is -0.232. The number of benzene rings is 1. The summed E-state index contributed by atoms with van der Waals surface area (Å²) in [5.41, 5.74) is 6.83. The SMILES string of the molecule is NC1CCC(OCc2ccc(F)cc2Br)CC1. The van der Waals surface area contributed by atoms with Crippen LogP contribution in [0.5, 0.6) is 0 Å². The Morgan fingerprint density at radius 3 is 2.65 bits per heavy atom. The first-order valence-electron chi connectivity index (χ1n) is 5.96. The van der Waals surface area contributed by atoms with Crippen LogP contribution in [0.3, 0.4) is 0 Å². The van der Waals surface area contributed by atoms with Crippen molar-refractivity contribution in [2.75, 3.05) is 0 Å². The molecule has 0 atom stereocenters. The van der Waals surface area contributed by atoms with Gasteiger partial charge in [0.05, 0.1) is 12.7 Å². The van der Waals surface area contributed by atoms with Crippen LogP contribution >= 0.6 is 15.9 Å². The Hall–Kier alpha value is -0.450. The number of ether oxygens (including phenoxy) is 1. The molecule has 0 bridgehead atoms. The van der Waals surface area contributed by atoms with Gasteiger partial charge in [-0.3, -0.25) is 0 Å². The molecule has 0 radical (unpaired) electrons. The maximum absolute atomic E-state index is 12.9. The summed E-state index contributed by atoms with van der Waals surface area (Å²) in [7, 11) is 0. The Kier molecular flexibility index (Phi) is 4.54. The highest BCUT2D eigenvalue weighted by Gasteiger charge is 2.19. The summed E-state index contributed by atoms with van der Waals surface area (Å²) < 4.78 is 19.5. The predicted molar refractivity (Wildman–Crippen MR) is 69.1 cm³/mol. The Labute approximate surface area is 109 Å². The van der Waals surface area contributed by atoms with E-state index in [2.05, 4.69) is 15.9 Å². The van der Waals surface area contributed by atoms with Crippen molar-refractivity contribution >= 4 is 15.9 Å². The summed E-state index contributed by atoms with van der Waals surface area (Å²) in [6.07, 6.45) is 4.43. The van der Waals surface area contributed by atoms with Crippen LogP contribution in [-0.2, 0) is 11.3 Å². The summed E-state index contributed by atoms with van der Waals surface area (Å²) in [6.45, 7) is 0.529. The quantitative estimate of drug-likeness (QED) is 0.929. The maximum Gasteiger partial charge on any atom is 0.124 e. The molecule has 17 heavy (non-hydrogen) atoms. The van der Waals surface area contributed by atoms with E-state index in [0.717, 1.165) is 35.7 Å². The molecule has 1 aliphatic carbocycles. The summed E-state index contributed by atoms with van der Waals surface area (Å²) in [5, 5.41) is 0. The first kappa shape index (κ1) is 13.0. The third-order valence-corrected chi connectivity index (χ3v) is 3.95. The van der Waals surface area contributed by atoms with E-state index in [1.807, 2.05) is 0 Å². The Bertz CT molecular complexity index is 378.